The molecule has 2 aromatic carbocycles. The normalized spacial score (nSPS) is 14.7. The van der Waals surface area contributed by atoms with Gasteiger partial charge < -0.3 is 4.57 Å². The van der Waals surface area contributed by atoms with Crippen LogP contribution in [0.3, 0.4) is 0 Å². The fourth-order valence-electron chi connectivity index (χ4n) is 3.59. The Morgan fingerprint density at radius 2 is 1.77 bits per heavy atom. The van der Waals surface area contributed by atoms with Crippen molar-refractivity contribution in [3.63, 3.8) is 0 Å². The zero-order valence-electron chi connectivity index (χ0n) is 16.2. The predicted octanol–water partition coefficient (Wildman–Crippen LogP) is 4.63. The minimum absolute atomic E-state index is 0.0185. The smallest absolute Gasteiger partial charge is 0.311 e. The van der Waals surface area contributed by atoms with Crippen molar-refractivity contribution in [2.24, 2.45) is 0 Å². The summed E-state index contributed by atoms with van der Waals surface area (Å²) in [5.41, 5.74) is -1.35. The first-order valence-electron chi connectivity index (χ1n) is 9.58. The van der Waals surface area contributed by atoms with E-state index in [4.69, 9.17) is 0 Å². The number of hydrogen-bond acceptors (Lipinski definition) is 4. The van der Waals surface area contributed by atoms with Crippen LogP contribution in [0, 0.1) is 5.82 Å². The number of nitrogens with zero attached hydrogens (tertiary/aromatic N) is 3. The van der Waals surface area contributed by atoms with Crippen molar-refractivity contribution in [2.45, 2.75) is 43.3 Å². The Kier molecular flexibility index (Phi) is 5.46. The SMILES string of the molecule is O=S(=O)(Nc1ccc(F)c(-c2nnc3n2CCCCC3)c1)c1ccccc1C(F)(F)F. The average Bonchev–Trinajstić information content (AvgIpc) is 2.96. The molecule has 0 aliphatic carbocycles. The monoisotopic (exact) mass is 454 g/mol. The van der Waals surface area contributed by atoms with Gasteiger partial charge in [0.2, 0.25) is 0 Å². The molecule has 0 radical (unpaired) electrons. The highest BCUT2D eigenvalue weighted by molar-refractivity contribution is 7.92. The number of fused-ring (bicyclic) bond motifs is 1. The van der Waals surface area contributed by atoms with E-state index >= 15 is 0 Å². The lowest BCUT2D eigenvalue weighted by Crippen LogP contribution is -2.19. The number of benzene rings is 2. The molecule has 0 amide bonds. The summed E-state index contributed by atoms with van der Waals surface area (Å²) in [6.07, 6.45) is -1.32. The second kappa shape index (κ2) is 7.95. The predicted molar refractivity (Wildman–Crippen MR) is 105 cm³/mol. The summed E-state index contributed by atoms with van der Waals surface area (Å²) in [7, 11) is -4.58. The molecular formula is C20H18F4N4O2S. The second-order valence-electron chi connectivity index (χ2n) is 7.20. The number of halogens is 4. The molecule has 0 spiro atoms. The van der Waals surface area contributed by atoms with Gasteiger partial charge in [-0.2, -0.15) is 13.2 Å². The van der Waals surface area contributed by atoms with E-state index in [-0.39, 0.29) is 17.1 Å². The van der Waals surface area contributed by atoms with Crippen molar-refractivity contribution in [3.05, 3.63) is 59.7 Å². The molecule has 0 saturated carbocycles. The van der Waals surface area contributed by atoms with E-state index in [1.54, 1.807) is 4.57 Å². The average molecular weight is 454 g/mol. The molecule has 1 aromatic heterocycles. The Hall–Kier alpha value is -2.95. The van der Waals surface area contributed by atoms with Gasteiger partial charge in [0, 0.05) is 18.7 Å². The van der Waals surface area contributed by atoms with E-state index in [1.807, 2.05) is 0 Å². The zero-order chi connectivity index (χ0) is 22.2. The van der Waals surface area contributed by atoms with E-state index in [1.165, 1.54) is 12.1 Å². The summed E-state index contributed by atoms with van der Waals surface area (Å²) < 4.78 is 83.6. The maximum absolute atomic E-state index is 14.6. The van der Waals surface area contributed by atoms with Gasteiger partial charge in [-0.3, -0.25) is 4.72 Å². The van der Waals surface area contributed by atoms with Crippen LogP contribution in [0.2, 0.25) is 0 Å². The molecule has 0 saturated heterocycles. The first-order valence-corrected chi connectivity index (χ1v) is 11.1. The van der Waals surface area contributed by atoms with Crippen LogP contribution in [0.25, 0.3) is 11.4 Å². The Balaban J connectivity index is 1.72. The van der Waals surface area contributed by atoms with Crippen molar-refractivity contribution >= 4 is 15.7 Å². The van der Waals surface area contributed by atoms with Gasteiger partial charge >= 0.3 is 6.18 Å². The number of aromatic nitrogens is 3. The first kappa shape index (κ1) is 21.3. The van der Waals surface area contributed by atoms with Gasteiger partial charge in [0.15, 0.2) is 5.82 Å². The third kappa shape index (κ3) is 4.27. The number of hydrogen-bond donors (Lipinski definition) is 1. The molecule has 0 atom stereocenters. The van der Waals surface area contributed by atoms with E-state index in [0.29, 0.717) is 19.0 Å². The van der Waals surface area contributed by atoms with Crippen LogP contribution in [-0.2, 0) is 29.2 Å². The highest BCUT2D eigenvalue weighted by Crippen LogP contribution is 2.35. The van der Waals surface area contributed by atoms with Gasteiger partial charge in [0.1, 0.15) is 11.6 Å². The number of anilines is 1. The van der Waals surface area contributed by atoms with E-state index in [0.717, 1.165) is 49.4 Å². The summed E-state index contributed by atoms with van der Waals surface area (Å²) in [5.74, 6) is 0.334. The largest absolute Gasteiger partial charge is 0.417 e. The summed E-state index contributed by atoms with van der Waals surface area (Å²) in [6, 6.07) is 7.27. The van der Waals surface area contributed by atoms with Crippen LogP contribution in [0.5, 0.6) is 0 Å². The molecule has 11 heteroatoms. The second-order valence-corrected chi connectivity index (χ2v) is 8.85. The standard InChI is InChI=1S/C20H18F4N4O2S/c21-16-10-9-13(12-14(16)19-26-25-18-8-2-1-5-11-28(18)19)27-31(29,30)17-7-4-3-6-15(17)20(22,23)24/h3-4,6-7,9-10,12,27H,1-2,5,8,11H2. The summed E-state index contributed by atoms with van der Waals surface area (Å²) >= 11 is 0. The molecule has 1 aliphatic heterocycles. The van der Waals surface area contributed by atoms with Gasteiger partial charge in [-0.05, 0) is 43.2 Å². The molecular weight excluding hydrogens is 436 g/mol. The number of alkyl halides is 3. The van der Waals surface area contributed by atoms with E-state index < -0.39 is 32.5 Å². The summed E-state index contributed by atoms with van der Waals surface area (Å²) in [6.45, 7) is 0.603. The van der Waals surface area contributed by atoms with Gasteiger partial charge in [0.05, 0.1) is 16.0 Å². The molecule has 31 heavy (non-hydrogen) atoms. The number of sulfonamides is 1. The molecule has 6 nitrogen and oxygen atoms in total. The van der Waals surface area contributed by atoms with Crippen LogP contribution >= 0.6 is 0 Å². The van der Waals surface area contributed by atoms with Crippen molar-refractivity contribution in [1.29, 1.82) is 0 Å². The Morgan fingerprint density at radius 3 is 2.55 bits per heavy atom. The Morgan fingerprint density at radius 1 is 1.00 bits per heavy atom. The van der Waals surface area contributed by atoms with E-state index in [2.05, 4.69) is 14.9 Å². The maximum atomic E-state index is 14.6. The molecule has 4 rings (SSSR count). The fourth-order valence-corrected chi connectivity index (χ4v) is 4.87. The third-order valence-corrected chi connectivity index (χ3v) is 6.49. The summed E-state index contributed by atoms with van der Waals surface area (Å²) in [5, 5.41) is 8.17. The molecule has 1 N–H and O–H groups in total. The molecule has 0 unspecified atom stereocenters. The van der Waals surface area contributed by atoms with Gasteiger partial charge in [-0.15, -0.1) is 10.2 Å². The molecule has 164 valence electrons. The highest BCUT2D eigenvalue weighted by atomic mass is 32.2. The van der Waals surface area contributed by atoms with Crippen LogP contribution < -0.4 is 4.72 Å². The highest BCUT2D eigenvalue weighted by Gasteiger charge is 2.37. The fraction of sp³-hybridized carbons (Fsp3) is 0.300. The number of rotatable bonds is 4. The van der Waals surface area contributed by atoms with Gasteiger partial charge in [0.25, 0.3) is 10.0 Å². The quantitative estimate of drug-likeness (QED) is 0.583. The Bertz CT molecular complexity index is 1220. The third-order valence-electron chi connectivity index (χ3n) is 5.05. The summed E-state index contributed by atoms with van der Waals surface area (Å²) in [4.78, 5) is -0.912. The number of nitrogens with one attached hydrogen (secondary N) is 1. The molecule has 2 heterocycles. The topological polar surface area (TPSA) is 76.9 Å². The molecule has 3 aromatic rings. The van der Waals surface area contributed by atoms with E-state index in [9.17, 15) is 26.0 Å². The Labute approximate surface area is 176 Å². The minimum Gasteiger partial charge on any atom is -0.311 e. The maximum Gasteiger partial charge on any atom is 0.417 e. The minimum atomic E-state index is -4.85. The zero-order valence-corrected chi connectivity index (χ0v) is 17.0. The lowest BCUT2D eigenvalue weighted by Gasteiger charge is -2.15. The van der Waals surface area contributed by atoms with Crippen LogP contribution in [0.15, 0.2) is 47.4 Å². The van der Waals surface area contributed by atoms with Crippen LogP contribution in [0.1, 0.15) is 30.7 Å². The molecule has 0 fully saturated rings. The van der Waals surface area contributed by atoms with Crippen molar-refractivity contribution in [2.75, 3.05) is 4.72 Å². The van der Waals surface area contributed by atoms with Crippen molar-refractivity contribution in [1.82, 2.24) is 14.8 Å². The lowest BCUT2D eigenvalue weighted by atomic mass is 10.1. The van der Waals surface area contributed by atoms with Gasteiger partial charge in [-0.25, -0.2) is 12.8 Å². The van der Waals surface area contributed by atoms with Crippen LogP contribution in [-0.4, -0.2) is 23.2 Å². The van der Waals surface area contributed by atoms with Gasteiger partial charge in [-0.1, -0.05) is 18.6 Å². The van der Waals surface area contributed by atoms with Crippen molar-refractivity contribution < 1.29 is 26.0 Å². The molecule has 1 aliphatic rings. The van der Waals surface area contributed by atoms with Crippen molar-refractivity contribution in [3.8, 4) is 11.4 Å². The lowest BCUT2D eigenvalue weighted by molar-refractivity contribution is -0.139. The first-order chi connectivity index (χ1) is 14.7. The van der Waals surface area contributed by atoms with Crippen LogP contribution in [0.4, 0.5) is 23.2 Å². The number of aryl methyl sites for hydroxylation is 1. The molecule has 0 bridgehead atoms.